The van der Waals surface area contributed by atoms with Gasteiger partial charge >= 0.3 is 0 Å². The topological polar surface area (TPSA) is 104 Å². The summed E-state index contributed by atoms with van der Waals surface area (Å²) in [6.07, 6.45) is 3.31. The molecule has 0 saturated carbocycles. The minimum atomic E-state index is 0.238. The minimum absolute atomic E-state index is 0.238. The van der Waals surface area contributed by atoms with Gasteiger partial charge in [-0.2, -0.15) is 0 Å². The fourth-order valence-corrected chi connectivity index (χ4v) is 1.78. The van der Waals surface area contributed by atoms with Crippen molar-refractivity contribution in [1.82, 2.24) is 20.4 Å². The Labute approximate surface area is 117 Å². The van der Waals surface area contributed by atoms with Crippen molar-refractivity contribution in [2.24, 2.45) is 0 Å². The van der Waals surface area contributed by atoms with Crippen LogP contribution in [0, 0.1) is 0 Å². The van der Waals surface area contributed by atoms with Gasteiger partial charge in [-0.05, 0) is 24.3 Å². The average molecular weight is 284 g/mol. The molecule has 0 aliphatic heterocycles. The molecule has 21 heavy (non-hydrogen) atoms. The molecule has 8 heteroatoms. The quantitative estimate of drug-likeness (QED) is 0.563. The molecule has 0 atom stereocenters. The summed E-state index contributed by atoms with van der Waals surface area (Å²) in [5, 5.41) is 15.6. The molecule has 0 spiro atoms. The Morgan fingerprint density at radius 3 is 1.67 bits per heavy atom. The van der Waals surface area contributed by atoms with Crippen molar-refractivity contribution in [3.63, 3.8) is 0 Å². The first-order valence-corrected chi connectivity index (χ1v) is 6.11. The molecule has 0 fully saturated rings. The summed E-state index contributed by atoms with van der Waals surface area (Å²) in [4.78, 5) is 0. The molecule has 0 bridgehead atoms. The molecule has 4 rings (SSSR count). The Bertz CT molecular complexity index is 759. The maximum atomic E-state index is 5.46. The molecule has 0 radical (unpaired) electrons. The zero-order valence-corrected chi connectivity index (χ0v) is 10.6. The first-order valence-electron chi connectivity index (χ1n) is 6.11. The van der Waals surface area contributed by atoms with Gasteiger partial charge in [-0.1, -0.05) is 0 Å². The van der Waals surface area contributed by atoms with E-state index in [-0.39, 0.29) is 6.42 Å². The highest BCUT2D eigenvalue weighted by atomic mass is 16.4. The number of aromatic nitrogens is 4. The van der Waals surface area contributed by atoms with Gasteiger partial charge in [0, 0.05) is 0 Å². The van der Waals surface area contributed by atoms with Gasteiger partial charge in [0.2, 0.25) is 11.8 Å². The van der Waals surface area contributed by atoms with Crippen LogP contribution < -0.4 is 0 Å². The van der Waals surface area contributed by atoms with Gasteiger partial charge in [0.1, 0.15) is 6.42 Å². The second-order valence-electron chi connectivity index (χ2n) is 4.13. The van der Waals surface area contributed by atoms with Crippen molar-refractivity contribution < 1.29 is 17.7 Å². The number of hydrogen-bond donors (Lipinski definition) is 0. The summed E-state index contributed by atoms with van der Waals surface area (Å²) >= 11 is 0. The van der Waals surface area contributed by atoms with Gasteiger partial charge in [0.05, 0.1) is 12.5 Å². The third-order valence-electron chi connectivity index (χ3n) is 2.70. The zero-order chi connectivity index (χ0) is 14.1. The lowest BCUT2D eigenvalue weighted by atomic mass is 10.4. The molecule has 4 aromatic rings. The van der Waals surface area contributed by atoms with Crippen LogP contribution >= 0.6 is 0 Å². The van der Waals surface area contributed by atoms with Crippen LogP contribution in [0.1, 0.15) is 11.8 Å². The molecule has 0 N–H and O–H groups in total. The molecule has 0 amide bonds. The molecule has 0 aliphatic carbocycles. The predicted octanol–water partition coefficient (Wildman–Crippen LogP) is 2.56. The molecule has 0 aromatic carbocycles. The summed E-state index contributed by atoms with van der Waals surface area (Å²) < 4.78 is 21.3. The van der Waals surface area contributed by atoms with Gasteiger partial charge in [-0.15, -0.1) is 20.4 Å². The number of rotatable bonds is 4. The van der Waals surface area contributed by atoms with E-state index >= 15 is 0 Å². The van der Waals surface area contributed by atoms with E-state index in [0.717, 1.165) is 0 Å². The molecule has 0 aliphatic rings. The van der Waals surface area contributed by atoms with E-state index in [4.69, 9.17) is 17.7 Å². The lowest BCUT2D eigenvalue weighted by Gasteiger charge is -1.88. The van der Waals surface area contributed by atoms with Crippen LogP contribution in [0.4, 0.5) is 0 Å². The van der Waals surface area contributed by atoms with Crippen LogP contribution in [0.2, 0.25) is 0 Å². The highest BCUT2D eigenvalue weighted by Gasteiger charge is 2.16. The second-order valence-corrected chi connectivity index (χ2v) is 4.13. The molecule has 0 unspecified atom stereocenters. The van der Waals surface area contributed by atoms with Crippen LogP contribution in [0.15, 0.2) is 54.5 Å². The molecular formula is C13H8N4O4. The van der Waals surface area contributed by atoms with Crippen LogP contribution in [0.5, 0.6) is 0 Å². The van der Waals surface area contributed by atoms with Gasteiger partial charge in [0.15, 0.2) is 11.5 Å². The average Bonchev–Trinajstić information content (AvgIpc) is 3.28. The number of nitrogens with zero attached hydrogens (tertiary/aromatic N) is 4. The summed E-state index contributed by atoms with van der Waals surface area (Å²) in [5.41, 5.74) is 0. The Balaban J connectivity index is 1.54. The van der Waals surface area contributed by atoms with Gasteiger partial charge in [-0.3, -0.25) is 0 Å². The van der Waals surface area contributed by atoms with Crippen molar-refractivity contribution >= 4 is 0 Å². The second kappa shape index (κ2) is 4.75. The SMILES string of the molecule is c1coc(-c2nnc(Cc3nnc(-c4ccco4)o3)o2)c1. The van der Waals surface area contributed by atoms with E-state index in [9.17, 15) is 0 Å². The van der Waals surface area contributed by atoms with Gasteiger partial charge in [-0.25, -0.2) is 0 Å². The Morgan fingerprint density at radius 1 is 0.714 bits per heavy atom. The number of furan rings is 2. The molecule has 4 heterocycles. The molecule has 4 aromatic heterocycles. The van der Waals surface area contributed by atoms with Crippen LogP contribution in [0.25, 0.3) is 23.3 Å². The molecule has 0 saturated heterocycles. The third kappa shape index (κ3) is 2.22. The maximum absolute atomic E-state index is 5.46. The standard InChI is InChI=1S/C13H8N4O4/c1-3-8(18-5-1)12-16-14-10(20-12)7-11-15-17-13(21-11)9-4-2-6-19-9/h1-6H,7H2. The van der Waals surface area contributed by atoms with Gasteiger partial charge < -0.3 is 17.7 Å². The van der Waals surface area contributed by atoms with Crippen molar-refractivity contribution in [2.45, 2.75) is 6.42 Å². The summed E-state index contributed by atoms with van der Waals surface area (Å²) in [6.45, 7) is 0. The van der Waals surface area contributed by atoms with Crippen molar-refractivity contribution in [1.29, 1.82) is 0 Å². The molecule has 104 valence electrons. The fourth-order valence-electron chi connectivity index (χ4n) is 1.78. The van der Waals surface area contributed by atoms with Crippen LogP contribution in [-0.4, -0.2) is 20.4 Å². The van der Waals surface area contributed by atoms with Crippen LogP contribution in [-0.2, 0) is 6.42 Å². The van der Waals surface area contributed by atoms with Crippen molar-refractivity contribution in [3.05, 3.63) is 48.6 Å². The third-order valence-corrected chi connectivity index (χ3v) is 2.70. The summed E-state index contributed by atoms with van der Waals surface area (Å²) in [6, 6.07) is 6.96. The van der Waals surface area contributed by atoms with Gasteiger partial charge in [0.25, 0.3) is 11.8 Å². The van der Waals surface area contributed by atoms with E-state index in [1.807, 2.05) is 0 Å². The first-order chi connectivity index (χ1) is 10.4. The predicted molar refractivity (Wildman–Crippen MR) is 66.8 cm³/mol. The van der Waals surface area contributed by atoms with Crippen molar-refractivity contribution in [3.8, 4) is 23.3 Å². The lowest BCUT2D eigenvalue weighted by Crippen LogP contribution is -1.88. The highest BCUT2D eigenvalue weighted by Crippen LogP contribution is 2.21. The van der Waals surface area contributed by atoms with Crippen molar-refractivity contribution in [2.75, 3.05) is 0 Å². The van der Waals surface area contributed by atoms with E-state index in [1.54, 1.807) is 24.3 Å². The Morgan fingerprint density at radius 2 is 1.24 bits per heavy atom. The molecular weight excluding hydrogens is 276 g/mol. The Kier molecular flexibility index (Phi) is 2.63. The van der Waals surface area contributed by atoms with E-state index in [0.29, 0.717) is 35.1 Å². The lowest BCUT2D eigenvalue weighted by molar-refractivity contribution is 0.449. The summed E-state index contributed by atoms with van der Waals surface area (Å²) in [5.74, 6) is 2.35. The monoisotopic (exact) mass is 284 g/mol. The minimum Gasteiger partial charge on any atom is -0.459 e. The molecule has 8 nitrogen and oxygen atoms in total. The maximum Gasteiger partial charge on any atom is 0.283 e. The smallest absolute Gasteiger partial charge is 0.283 e. The van der Waals surface area contributed by atoms with E-state index in [1.165, 1.54) is 12.5 Å². The largest absolute Gasteiger partial charge is 0.459 e. The summed E-state index contributed by atoms with van der Waals surface area (Å²) in [7, 11) is 0. The van der Waals surface area contributed by atoms with E-state index in [2.05, 4.69) is 20.4 Å². The van der Waals surface area contributed by atoms with Crippen LogP contribution in [0.3, 0.4) is 0 Å². The highest BCUT2D eigenvalue weighted by molar-refractivity contribution is 5.43. The first kappa shape index (κ1) is 11.6. The Hall–Kier alpha value is -3.16. The fraction of sp³-hybridized carbons (Fsp3) is 0.0769. The number of hydrogen-bond acceptors (Lipinski definition) is 8. The zero-order valence-electron chi connectivity index (χ0n) is 10.6. The van der Waals surface area contributed by atoms with E-state index < -0.39 is 0 Å². The normalized spacial score (nSPS) is 11.0.